The number of anilines is 1. The summed E-state index contributed by atoms with van der Waals surface area (Å²) in [7, 11) is -3.54. The molecule has 1 aromatic carbocycles. The zero-order chi connectivity index (χ0) is 14.8. The van der Waals surface area contributed by atoms with Crippen LogP contribution in [0.15, 0.2) is 27.6 Å². The molecule has 1 aromatic rings. The summed E-state index contributed by atoms with van der Waals surface area (Å²) >= 11 is 3.22. The first-order valence-corrected chi connectivity index (χ1v) is 8.89. The average Bonchev–Trinajstić information content (AvgIpc) is 2.37. The van der Waals surface area contributed by atoms with Crippen LogP contribution in [0.3, 0.4) is 0 Å². The van der Waals surface area contributed by atoms with Crippen molar-refractivity contribution in [3.05, 3.63) is 22.7 Å². The quantitative estimate of drug-likeness (QED) is 0.712. The van der Waals surface area contributed by atoms with Gasteiger partial charge in [-0.25, -0.2) is 13.1 Å². The van der Waals surface area contributed by atoms with E-state index in [2.05, 4.69) is 20.7 Å². The second-order valence-electron chi connectivity index (χ2n) is 5.22. The number of nitrogens with two attached hydrogens (primary N) is 1. The molecule has 112 valence electrons. The van der Waals surface area contributed by atoms with Crippen LogP contribution in [0.5, 0.6) is 0 Å². The Bertz CT molecular complexity index is 569. The van der Waals surface area contributed by atoms with Gasteiger partial charge in [0.05, 0.1) is 11.0 Å². The van der Waals surface area contributed by atoms with Crippen molar-refractivity contribution in [2.24, 2.45) is 5.92 Å². The van der Waals surface area contributed by atoms with E-state index in [1.807, 2.05) is 0 Å². The van der Waals surface area contributed by atoms with E-state index in [0.717, 1.165) is 25.7 Å². The number of aliphatic hydroxyl groups excluding tert-OH is 1. The summed E-state index contributed by atoms with van der Waals surface area (Å²) in [5, 5.41) is 9.44. The fraction of sp³-hybridized carbons (Fsp3) is 0.538. The maximum atomic E-state index is 12.2. The monoisotopic (exact) mass is 362 g/mol. The highest BCUT2D eigenvalue weighted by Gasteiger charge is 2.23. The van der Waals surface area contributed by atoms with E-state index in [9.17, 15) is 13.5 Å². The molecule has 0 spiro atoms. The van der Waals surface area contributed by atoms with Crippen LogP contribution in [0.1, 0.15) is 25.7 Å². The first-order chi connectivity index (χ1) is 9.38. The predicted molar refractivity (Wildman–Crippen MR) is 81.7 cm³/mol. The van der Waals surface area contributed by atoms with E-state index in [1.54, 1.807) is 12.1 Å². The third-order valence-corrected chi connectivity index (χ3v) is 6.02. The Morgan fingerprint density at radius 1 is 1.30 bits per heavy atom. The van der Waals surface area contributed by atoms with Crippen molar-refractivity contribution in [3.8, 4) is 0 Å². The van der Waals surface area contributed by atoms with Gasteiger partial charge in [-0.05, 0) is 65.7 Å². The van der Waals surface area contributed by atoms with Crippen molar-refractivity contribution in [1.82, 2.24) is 4.72 Å². The molecule has 0 atom stereocenters. The third kappa shape index (κ3) is 3.94. The molecule has 1 aliphatic carbocycles. The number of hydrogen-bond acceptors (Lipinski definition) is 4. The molecule has 0 aromatic heterocycles. The Kier molecular flexibility index (Phi) is 5.06. The predicted octanol–water partition coefficient (Wildman–Crippen LogP) is 1.86. The molecule has 0 heterocycles. The number of nitrogen functional groups attached to an aromatic ring is 1. The zero-order valence-corrected chi connectivity index (χ0v) is 13.5. The van der Waals surface area contributed by atoms with Gasteiger partial charge in [-0.15, -0.1) is 0 Å². The van der Waals surface area contributed by atoms with Gasteiger partial charge in [0.2, 0.25) is 10.0 Å². The highest BCUT2D eigenvalue weighted by atomic mass is 79.9. The van der Waals surface area contributed by atoms with Gasteiger partial charge in [0.1, 0.15) is 0 Å². The lowest BCUT2D eigenvalue weighted by Gasteiger charge is -2.25. The number of sulfonamides is 1. The normalized spacial score (nSPS) is 23.7. The lowest BCUT2D eigenvalue weighted by molar-refractivity contribution is 0.109. The molecule has 7 heteroatoms. The van der Waals surface area contributed by atoms with Crippen molar-refractivity contribution in [2.75, 3.05) is 12.3 Å². The molecule has 0 bridgehead atoms. The Labute approximate surface area is 127 Å². The van der Waals surface area contributed by atoms with Crippen LogP contribution in [-0.2, 0) is 10.0 Å². The molecule has 5 nitrogen and oxygen atoms in total. The maximum Gasteiger partial charge on any atom is 0.241 e. The Balaban J connectivity index is 2.00. The molecule has 0 unspecified atom stereocenters. The van der Waals surface area contributed by atoms with Crippen LogP contribution in [-0.4, -0.2) is 26.2 Å². The molecular weight excluding hydrogens is 344 g/mol. The lowest BCUT2D eigenvalue weighted by atomic mass is 9.88. The summed E-state index contributed by atoms with van der Waals surface area (Å²) in [5.41, 5.74) is 6.12. The van der Waals surface area contributed by atoms with Crippen molar-refractivity contribution in [3.63, 3.8) is 0 Å². The van der Waals surface area contributed by atoms with Gasteiger partial charge in [0.15, 0.2) is 0 Å². The van der Waals surface area contributed by atoms with Gasteiger partial charge in [0, 0.05) is 16.7 Å². The zero-order valence-electron chi connectivity index (χ0n) is 11.0. The van der Waals surface area contributed by atoms with Gasteiger partial charge in [0.25, 0.3) is 0 Å². The minimum atomic E-state index is -3.54. The highest BCUT2D eigenvalue weighted by molar-refractivity contribution is 9.10. The number of nitrogens with one attached hydrogen (secondary N) is 1. The van der Waals surface area contributed by atoms with E-state index >= 15 is 0 Å². The molecule has 0 radical (unpaired) electrons. The van der Waals surface area contributed by atoms with Crippen LogP contribution in [0, 0.1) is 5.92 Å². The summed E-state index contributed by atoms with van der Waals surface area (Å²) in [6.45, 7) is 0.409. The van der Waals surface area contributed by atoms with Crippen LogP contribution in [0.25, 0.3) is 0 Å². The van der Waals surface area contributed by atoms with E-state index in [-0.39, 0.29) is 11.0 Å². The van der Waals surface area contributed by atoms with Gasteiger partial charge < -0.3 is 10.8 Å². The first-order valence-electron chi connectivity index (χ1n) is 6.61. The lowest BCUT2D eigenvalue weighted by Crippen LogP contribution is -2.32. The molecule has 4 N–H and O–H groups in total. The fourth-order valence-corrected chi connectivity index (χ4v) is 4.60. The summed E-state index contributed by atoms with van der Waals surface area (Å²) in [5.74, 6) is 0.292. The van der Waals surface area contributed by atoms with Crippen molar-refractivity contribution >= 4 is 31.6 Å². The summed E-state index contributed by atoms with van der Waals surface area (Å²) < 4.78 is 27.6. The van der Waals surface area contributed by atoms with Crippen LogP contribution in [0.4, 0.5) is 5.69 Å². The fourth-order valence-electron chi connectivity index (χ4n) is 2.39. The standard InChI is InChI=1S/C13H19BrN2O3S/c14-12-7-10(15)3-6-13(12)20(18,19)16-8-9-1-4-11(17)5-2-9/h3,6-7,9,11,16-17H,1-2,4-5,8,15H2. The first kappa shape index (κ1) is 15.8. The van der Waals surface area contributed by atoms with Crippen molar-refractivity contribution < 1.29 is 13.5 Å². The van der Waals surface area contributed by atoms with E-state index < -0.39 is 10.0 Å². The van der Waals surface area contributed by atoms with Crippen LogP contribution < -0.4 is 10.5 Å². The minimum absolute atomic E-state index is 0.197. The van der Waals surface area contributed by atoms with Gasteiger partial charge >= 0.3 is 0 Å². The second kappa shape index (κ2) is 6.43. The number of rotatable bonds is 4. The summed E-state index contributed by atoms with van der Waals surface area (Å²) in [6.07, 6.45) is 2.98. The van der Waals surface area contributed by atoms with Crippen LogP contribution >= 0.6 is 15.9 Å². The molecule has 0 aliphatic heterocycles. The number of aliphatic hydroxyl groups is 1. The number of hydrogen-bond donors (Lipinski definition) is 3. The molecule has 2 rings (SSSR count). The molecule has 1 saturated carbocycles. The summed E-state index contributed by atoms with van der Waals surface area (Å²) in [4.78, 5) is 0.197. The van der Waals surface area contributed by atoms with Crippen molar-refractivity contribution in [2.45, 2.75) is 36.7 Å². The largest absolute Gasteiger partial charge is 0.399 e. The van der Waals surface area contributed by atoms with E-state index in [4.69, 9.17) is 5.73 Å². The minimum Gasteiger partial charge on any atom is -0.399 e. The smallest absolute Gasteiger partial charge is 0.241 e. The Morgan fingerprint density at radius 2 is 1.95 bits per heavy atom. The molecule has 1 aliphatic rings. The topological polar surface area (TPSA) is 92.4 Å². The van der Waals surface area contributed by atoms with Gasteiger partial charge in [-0.3, -0.25) is 0 Å². The van der Waals surface area contributed by atoms with Crippen molar-refractivity contribution in [1.29, 1.82) is 0 Å². The van der Waals surface area contributed by atoms with E-state index in [0.29, 0.717) is 22.6 Å². The van der Waals surface area contributed by atoms with Gasteiger partial charge in [-0.2, -0.15) is 0 Å². The summed E-state index contributed by atoms with van der Waals surface area (Å²) in [6, 6.07) is 4.63. The third-order valence-electron chi connectivity index (χ3n) is 3.62. The average molecular weight is 363 g/mol. The Hall–Kier alpha value is -0.630. The second-order valence-corrected chi connectivity index (χ2v) is 7.81. The maximum absolute atomic E-state index is 12.2. The number of benzene rings is 1. The Morgan fingerprint density at radius 3 is 2.55 bits per heavy atom. The molecule has 1 fully saturated rings. The van der Waals surface area contributed by atoms with E-state index in [1.165, 1.54) is 6.07 Å². The number of halogens is 1. The van der Waals surface area contributed by atoms with Gasteiger partial charge in [-0.1, -0.05) is 0 Å². The molecule has 0 amide bonds. The molecule has 0 saturated heterocycles. The van der Waals surface area contributed by atoms with Crippen LogP contribution in [0.2, 0.25) is 0 Å². The SMILES string of the molecule is Nc1ccc(S(=O)(=O)NCC2CCC(O)CC2)c(Br)c1. The molecule has 20 heavy (non-hydrogen) atoms. The molecular formula is C13H19BrN2O3S. The highest BCUT2D eigenvalue weighted by Crippen LogP contribution is 2.26.